The van der Waals surface area contributed by atoms with E-state index < -0.39 is 0 Å². The summed E-state index contributed by atoms with van der Waals surface area (Å²) >= 11 is 3.31. The summed E-state index contributed by atoms with van der Waals surface area (Å²) in [6, 6.07) is 6.89. The summed E-state index contributed by atoms with van der Waals surface area (Å²) in [5.41, 5.74) is 0.679. The molecule has 0 fully saturated rings. The highest BCUT2D eigenvalue weighted by Crippen LogP contribution is 2.15. The maximum absolute atomic E-state index is 11.5. The number of anilines is 1. The standard InChI is InChI=1S/C12H15BrN2O3/c1-2-18-11(16)6-7-14-12(17)15-10-5-3-4-9(13)8-10/h3-5,8H,2,6-7H2,1H3,(H2,14,15,17). The van der Waals surface area contributed by atoms with Crippen LogP contribution in [0.2, 0.25) is 0 Å². The van der Waals surface area contributed by atoms with Crippen LogP contribution < -0.4 is 10.6 Å². The maximum atomic E-state index is 11.5. The van der Waals surface area contributed by atoms with Crippen LogP contribution in [-0.2, 0) is 9.53 Å². The normalized spacial score (nSPS) is 9.67. The van der Waals surface area contributed by atoms with E-state index in [4.69, 9.17) is 4.74 Å². The maximum Gasteiger partial charge on any atom is 0.319 e. The number of carbonyl (C=O) groups excluding carboxylic acids is 2. The van der Waals surface area contributed by atoms with Crippen molar-refractivity contribution in [3.63, 3.8) is 0 Å². The molecule has 0 aromatic heterocycles. The van der Waals surface area contributed by atoms with E-state index in [0.717, 1.165) is 4.47 Å². The number of esters is 1. The highest BCUT2D eigenvalue weighted by atomic mass is 79.9. The van der Waals surface area contributed by atoms with Crippen LogP contribution >= 0.6 is 15.9 Å². The third-order valence-corrected chi connectivity index (χ3v) is 2.50. The summed E-state index contributed by atoms with van der Waals surface area (Å²) in [7, 11) is 0. The third kappa shape index (κ3) is 5.67. The predicted molar refractivity (Wildman–Crippen MR) is 72.4 cm³/mol. The van der Waals surface area contributed by atoms with Gasteiger partial charge >= 0.3 is 12.0 Å². The Balaban J connectivity index is 2.28. The van der Waals surface area contributed by atoms with Crippen LogP contribution in [0.15, 0.2) is 28.7 Å². The van der Waals surface area contributed by atoms with Crippen molar-refractivity contribution in [2.45, 2.75) is 13.3 Å². The number of benzene rings is 1. The minimum absolute atomic E-state index is 0.166. The lowest BCUT2D eigenvalue weighted by molar-refractivity contribution is -0.142. The summed E-state index contributed by atoms with van der Waals surface area (Å²) in [5, 5.41) is 5.23. The Kier molecular flexibility index (Phi) is 6.21. The zero-order chi connectivity index (χ0) is 13.4. The number of carbonyl (C=O) groups is 2. The average Bonchev–Trinajstić information content (AvgIpc) is 2.29. The predicted octanol–water partition coefficient (Wildman–Crippen LogP) is 2.52. The number of ether oxygens (including phenoxy) is 1. The highest BCUT2D eigenvalue weighted by molar-refractivity contribution is 9.10. The van der Waals surface area contributed by atoms with Crippen LogP contribution in [0.4, 0.5) is 10.5 Å². The second kappa shape index (κ2) is 7.71. The minimum atomic E-state index is -0.350. The fraction of sp³-hybridized carbons (Fsp3) is 0.333. The Labute approximate surface area is 114 Å². The Bertz CT molecular complexity index is 424. The Morgan fingerprint density at radius 3 is 2.83 bits per heavy atom. The quantitative estimate of drug-likeness (QED) is 0.821. The zero-order valence-corrected chi connectivity index (χ0v) is 11.6. The van der Waals surface area contributed by atoms with E-state index in [0.29, 0.717) is 12.3 Å². The molecule has 0 aliphatic heterocycles. The van der Waals surface area contributed by atoms with Gasteiger partial charge in [0.2, 0.25) is 0 Å². The van der Waals surface area contributed by atoms with Gasteiger partial charge in [-0.05, 0) is 25.1 Å². The van der Waals surface area contributed by atoms with E-state index in [1.165, 1.54) is 0 Å². The van der Waals surface area contributed by atoms with Crippen molar-refractivity contribution in [3.8, 4) is 0 Å². The van der Waals surface area contributed by atoms with E-state index in [2.05, 4.69) is 26.6 Å². The van der Waals surface area contributed by atoms with E-state index >= 15 is 0 Å². The SMILES string of the molecule is CCOC(=O)CCNC(=O)Nc1cccc(Br)c1. The first-order valence-corrected chi connectivity index (χ1v) is 6.37. The number of amides is 2. The summed E-state index contributed by atoms with van der Waals surface area (Å²) in [5.74, 6) is -0.319. The first-order valence-electron chi connectivity index (χ1n) is 5.58. The second-order valence-electron chi connectivity index (χ2n) is 3.45. The van der Waals surface area contributed by atoms with E-state index in [1.807, 2.05) is 12.1 Å². The molecule has 2 amide bonds. The molecule has 1 aromatic rings. The van der Waals surface area contributed by atoms with Crippen LogP contribution in [0.3, 0.4) is 0 Å². The first kappa shape index (κ1) is 14.5. The molecule has 0 heterocycles. The van der Waals surface area contributed by atoms with Crippen molar-refractivity contribution in [2.75, 3.05) is 18.5 Å². The van der Waals surface area contributed by atoms with Crippen molar-refractivity contribution in [1.82, 2.24) is 5.32 Å². The van der Waals surface area contributed by atoms with E-state index in [-0.39, 0.29) is 25.0 Å². The molecular formula is C12H15BrN2O3. The van der Waals surface area contributed by atoms with Crippen molar-refractivity contribution in [2.24, 2.45) is 0 Å². The summed E-state index contributed by atoms with van der Waals surface area (Å²) < 4.78 is 5.62. The molecule has 0 aliphatic carbocycles. The fourth-order valence-corrected chi connectivity index (χ4v) is 1.65. The summed E-state index contributed by atoms with van der Waals surface area (Å²) in [6.45, 7) is 2.34. The number of halogens is 1. The number of nitrogens with one attached hydrogen (secondary N) is 2. The molecule has 98 valence electrons. The molecule has 5 nitrogen and oxygen atoms in total. The van der Waals surface area contributed by atoms with Crippen LogP contribution in [-0.4, -0.2) is 25.2 Å². The lowest BCUT2D eigenvalue weighted by Crippen LogP contribution is -2.30. The number of hydrogen-bond donors (Lipinski definition) is 2. The highest BCUT2D eigenvalue weighted by Gasteiger charge is 2.04. The zero-order valence-electron chi connectivity index (χ0n) is 10.0. The van der Waals surface area contributed by atoms with Crippen molar-refractivity contribution in [1.29, 1.82) is 0 Å². The van der Waals surface area contributed by atoms with Gasteiger partial charge in [-0.3, -0.25) is 4.79 Å². The lowest BCUT2D eigenvalue weighted by atomic mass is 10.3. The molecule has 2 N–H and O–H groups in total. The molecule has 18 heavy (non-hydrogen) atoms. The molecule has 0 atom stereocenters. The van der Waals surface area contributed by atoms with Crippen LogP contribution in [0.5, 0.6) is 0 Å². The van der Waals surface area contributed by atoms with Gasteiger partial charge in [0.15, 0.2) is 0 Å². The minimum Gasteiger partial charge on any atom is -0.466 e. The van der Waals surface area contributed by atoms with Gasteiger partial charge in [-0.2, -0.15) is 0 Å². The molecule has 0 saturated heterocycles. The molecule has 0 bridgehead atoms. The molecule has 6 heteroatoms. The Morgan fingerprint density at radius 1 is 1.39 bits per heavy atom. The van der Waals surface area contributed by atoms with Crippen LogP contribution in [0.1, 0.15) is 13.3 Å². The topological polar surface area (TPSA) is 67.4 Å². The number of hydrogen-bond acceptors (Lipinski definition) is 3. The van der Waals surface area contributed by atoms with E-state index in [9.17, 15) is 9.59 Å². The lowest BCUT2D eigenvalue weighted by Gasteiger charge is -2.07. The van der Waals surface area contributed by atoms with Gasteiger partial charge in [0.1, 0.15) is 0 Å². The van der Waals surface area contributed by atoms with Gasteiger partial charge in [-0.25, -0.2) is 4.79 Å². The van der Waals surface area contributed by atoms with Crippen LogP contribution in [0, 0.1) is 0 Å². The molecule has 0 aliphatic rings. The molecule has 0 saturated carbocycles. The molecular weight excluding hydrogens is 300 g/mol. The monoisotopic (exact) mass is 314 g/mol. The van der Waals surface area contributed by atoms with E-state index in [1.54, 1.807) is 19.1 Å². The second-order valence-corrected chi connectivity index (χ2v) is 4.36. The van der Waals surface area contributed by atoms with Gasteiger partial charge in [0.25, 0.3) is 0 Å². The molecule has 1 aromatic carbocycles. The summed E-state index contributed by atoms with van der Waals surface area (Å²) in [6.07, 6.45) is 0.166. The fourth-order valence-electron chi connectivity index (χ4n) is 1.25. The van der Waals surface area contributed by atoms with Gasteiger partial charge in [-0.15, -0.1) is 0 Å². The molecule has 1 rings (SSSR count). The largest absolute Gasteiger partial charge is 0.466 e. The average molecular weight is 315 g/mol. The Hall–Kier alpha value is -1.56. The van der Waals surface area contributed by atoms with Gasteiger partial charge in [0, 0.05) is 16.7 Å². The van der Waals surface area contributed by atoms with Crippen molar-refractivity contribution < 1.29 is 14.3 Å². The van der Waals surface area contributed by atoms with Crippen molar-refractivity contribution in [3.05, 3.63) is 28.7 Å². The number of rotatable bonds is 5. The smallest absolute Gasteiger partial charge is 0.319 e. The first-order chi connectivity index (χ1) is 8.61. The van der Waals surface area contributed by atoms with Gasteiger partial charge in [-0.1, -0.05) is 22.0 Å². The molecule has 0 radical (unpaired) electrons. The Morgan fingerprint density at radius 2 is 2.17 bits per heavy atom. The third-order valence-electron chi connectivity index (χ3n) is 2.00. The van der Waals surface area contributed by atoms with Gasteiger partial charge in [0.05, 0.1) is 13.0 Å². The van der Waals surface area contributed by atoms with Gasteiger partial charge < -0.3 is 15.4 Å². The van der Waals surface area contributed by atoms with Crippen LogP contribution in [0.25, 0.3) is 0 Å². The summed E-state index contributed by atoms with van der Waals surface area (Å²) in [4.78, 5) is 22.5. The number of urea groups is 1. The molecule has 0 spiro atoms. The van der Waals surface area contributed by atoms with Crippen molar-refractivity contribution >= 4 is 33.6 Å². The molecule has 0 unspecified atom stereocenters.